The Morgan fingerprint density at radius 3 is 2.34 bits per heavy atom. The second-order valence-corrected chi connectivity index (χ2v) is 10.2. The van der Waals surface area contributed by atoms with Crippen LogP contribution in [-0.2, 0) is 19.1 Å². The first kappa shape index (κ1) is 26.4. The van der Waals surface area contributed by atoms with Crippen LogP contribution in [0.3, 0.4) is 0 Å². The molecule has 3 atom stereocenters. The van der Waals surface area contributed by atoms with Gasteiger partial charge in [0, 0.05) is 0 Å². The first-order valence-corrected chi connectivity index (χ1v) is 13.0. The second kappa shape index (κ2) is 12.5. The first-order chi connectivity index (χ1) is 16.8. The van der Waals surface area contributed by atoms with Gasteiger partial charge in [-0.3, -0.25) is 9.59 Å². The molecule has 3 rings (SSSR count). The van der Waals surface area contributed by atoms with Crippen molar-refractivity contribution in [2.45, 2.75) is 31.3 Å². The Bertz CT molecular complexity index is 1090. The van der Waals surface area contributed by atoms with Crippen LogP contribution in [0.5, 0.6) is 5.75 Å². The van der Waals surface area contributed by atoms with Crippen LogP contribution >= 0.6 is 21.6 Å². The minimum atomic E-state index is -0.953. The predicted octanol–water partition coefficient (Wildman–Crippen LogP) is 3.97. The van der Waals surface area contributed by atoms with E-state index in [4.69, 9.17) is 9.47 Å². The van der Waals surface area contributed by atoms with E-state index in [-0.39, 0.29) is 6.61 Å². The SMILES string of the molecule is C=C(C)C(C(=O)OC)N1C(=O)C(NC(=O)COc2ccccc2)C1SSC(C)=Nc1ccccc1. The zero-order valence-electron chi connectivity index (χ0n) is 19.7. The summed E-state index contributed by atoms with van der Waals surface area (Å²) in [6.45, 7) is 7.12. The van der Waals surface area contributed by atoms with E-state index in [1.807, 2.05) is 43.3 Å². The van der Waals surface area contributed by atoms with Gasteiger partial charge in [0.25, 0.3) is 5.91 Å². The summed E-state index contributed by atoms with van der Waals surface area (Å²) >= 11 is 0. The number of likely N-dealkylation sites (tertiary alicyclic amines) is 1. The highest BCUT2D eigenvalue weighted by molar-refractivity contribution is 8.82. The highest BCUT2D eigenvalue weighted by Crippen LogP contribution is 2.41. The molecule has 1 aliphatic heterocycles. The monoisotopic (exact) mass is 513 g/mol. The highest BCUT2D eigenvalue weighted by Gasteiger charge is 2.54. The van der Waals surface area contributed by atoms with Gasteiger partial charge < -0.3 is 19.7 Å². The van der Waals surface area contributed by atoms with Crippen molar-refractivity contribution >= 4 is 50.1 Å². The van der Waals surface area contributed by atoms with E-state index < -0.39 is 35.2 Å². The summed E-state index contributed by atoms with van der Waals surface area (Å²) in [5, 5.41) is 2.94. The number of hydrogen-bond acceptors (Lipinski definition) is 8. The van der Waals surface area contributed by atoms with E-state index in [0.29, 0.717) is 11.3 Å². The van der Waals surface area contributed by atoms with E-state index in [9.17, 15) is 14.4 Å². The van der Waals surface area contributed by atoms with Crippen LogP contribution in [0.25, 0.3) is 0 Å². The molecule has 0 bridgehead atoms. The Labute approximate surface area is 212 Å². The third kappa shape index (κ3) is 6.89. The Kier molecular flexibility index (Phi) is 9.39. The third-order valence-electron chi connectivity index (χ3n) is 4.99. The Morgan fingerprint density at radius 1 is 1.11 bits per heavy atom. The lowest BCUT2D eigenvalue weighted by molar-refractivity contribution is -0.161. The molecule has 35 heavy (non-hydrogen) atoms. The first-order valence-electron chi connectivity index (χ1n) is 10.8. The van der Waals surface area contributed by atoms with Crippen LogP contribution in [0.1, 0.15) is 13.8 Å². The molecule has 0 saturated carbocycles. The molecule has 0 aromatic heterocycles. The summed E-state index contributed by atoms with van der Waals surface area (Å²) < 4.78 is 10.4. The van der Waals surface area contributed by atoms with Crippen LogP contribution in [0, 0.1) is 0 Å². The summed E-state index contributed by atoms with van der Waals surface area (Å²) in [4.78, 5) is 44.0. The van der Waals surface area contributed by atoms with Crippen molar-refractivity contribution in [1.29, 1.82) is 0 Å². The highest BCUT2D eigenvalue weighted by atomic mass is 33.1. The van der Waals surface area contributed by atoms with Gasteiger partial charge in [0.1, 0.15) is 17.2 Å². The molecule has 1 saturated heterocycles. The molecule has 10 heteroatoms. The lowest BCUT2D eigenvalue weighted by Crippen LogP contribution is -2.73. The summed E-state index contributed by atoms with van der Waals surface area (Å²) in [5.74, 6) is -0.880. The number of β-lactam (4-membered cyclic amide) rings is 1. The molecule has 0 aliphatic carbocycles. The number of amides is 2. The van der Waals surface area contributed by atoms with Crippen LogP contribution < -0.4 is 10.1 Å². The smallest absolute Gasteiger partial charge is 0.332 e. The maximum Gasteiger partial charge on any atom is 0.332 e. The van der Waals surface area contributed by atoms with Crippen molar-refractivity contribution in [3.05, 3.63) is 72.8 Å². The lowest BCUT2D eigenvalue weighted by atomic mass is 9.99. The normalized spacial score (nSPS) is 18.3. The quantitative estimate of drug-likeness (QED) is 0.128. The second-order valence-electron chi connectivity index (χ2n) is 7.70. The number of aliphatic imine (C=N–C) groups is 1. The summed E-state index contributed by atoms with van der Waals surface area (Å²) in [6.07, 6.45) is 0. The number of rotatable bonds is 10. The molecule has 8 nitrogen and oxygen atoms in total. The van der Waals surface area contributed by atoms with E-state index in [1.54, 1.807) is 31.2 Å². The summed E-state index contributed by atoms with van der Waals surface area (Å²) in [5.41, 5.74) is 1.27. The van der Waals surface area contributed by atoms with E-state index in [2.05, 4.69) is 16.9 Å². The van der Waals surface area contributed by atoms with E-state index in [1.165, 1.54) is 33.6 Å². The van der Waals surface area contributed by atoms with Crippen LogP contribution in [0.15, 0.2) is 77.8 Å². The number of carbonyl (C=O) groups excluding carboxylic acids is 3. The fraction of sp³-hybridized carbons (Fsp3) is 0.280. The molecule has 2 amide bonds. The number of benzene rings is 2. The Balaban J connectivity index is 1.72. The predicted molar refractivity (Wildman–Crippen MR) is 140 cm³/mol. The number of nitrogens with zero attached hydrogens (tertiary/aromatic N) is 2. The van der Waals surface area contributed by atoms with Gasteiger partial charge in [-0.05, 0) is 54.5 Å². The van der Waals surface area contributed by atoms with E-state index in [0.717, 1.165) is 10.7 Å². The standard InChI is InChI=1S/C25H27N3O5S2/c1-16(2)22(25(31)32-4)28-23(30)21(27-20(29)15-33-19-13-9-6-10-14-19)24(28)35-34-17(3)26-18-11-7-5-8-12-18/h5-14,21-22,24H,1,15H2,2-4H3,(H,27,29). The van der Waals surface area contributed by atoms with Gasteiger partial charge >= 0.3 is 5.97 Å². The maximum absolute atomic E-state index is 13.1. The molecule has 184 valence electrons. The topological polar surface area (TPSA) is 97.3 Å². The van der Waals surface area contributed by atoms with Gasteiger partial charge in [-0.15, -0.1) is 0 Å². The molecule has 2 aromatic carbocycles. The molecule has 1 fully saturated rings. The molecule has 2 aromatic rings. The number of ether oxygens (including phenoxy) is 2. The molecular formula is C25H27N3O5S2. The molecule has 1 heterocycles. The van der Waals surface area contributed by atoms with Crippen LogP contribution in [0.4, 0.5) is 5.69 Å². The average Bonchev–Trinajstić information content (AvgIpc) is 2.86. The molecule has 1 N–H and O–H groups in total. The van der Waals surface area contributed by atoms with Gasteiger partial charge in [0.15, 0.2) is 12.6 Å². The minimum Gasteiger partial charge on any atom is -0.484 e. The fourth-order valence-corrected chi connectivity index (χ4v) is 5.79. The summed E-state index contributed by atoms with van der Waals surface area (Å²) in [6, 6.07) is 16.6. The number of hydrogen-bond donors (Lipinski definition) is 1. The fourth-order valence-electron chi connectivity index (χ4n) is 3.36. The molecular weight excluding hydrogens is 486 g/mol. The number of esters is 1. The van der Waals surface area contributed by atoms with Crippen molar-refractivity contribution in [2.24, 2.45) is 4.99 Å². The van der Waals surface area contributed by atoms with Crippen LogP contribution in [0.2, 0.25) is 0 Å². The molecule has 0 spiro atoms. The number of carbonyl (C=O) groups is 3. The van der Waals surface area contributed by atoms with Gasteiger partial charge in [0.05, 0.1) is 17.8 Å². The lowest BCUT2D eigenvalue weighted by Gasteiger charge is -2.49. The average molecular weight is 514 g/mol. The minimum absolute atomic E-state index is 0.242. The van der Waals surface area contributed by atoms with Crippen molar-refractivity contribution in [1.82, 2.24) is 10.2 Å². The number of methoxy groups -OCH3 is 1. The third-order valence-corrected chi connectivity index (χ3v) is 7.72. The van der Waals surface area contributed by atoms with E-state index >= 15 is 0 Å². The van der Waals surface area contributed by atoms with Gasteiger partial charge in [0.2, 0.25) is 5.91 Å². The summed E-state index contributed by atoms with van der Waals surface area (Å²) in [7, 11) is 3.95. The molecule has 3 unspecified atom stereocenters. The van der Waals surface area contributed by atoms with Crippen molar-refractivity contribution in [3.63, 3.8) is 0 Å². The maximum atomic E-state index is 13.1. The Morgan fingerprint density at radius 2 is 1.74 bits per heavy atom. The van der Waals surface area contributed by atoms with Crippen molar-refractivity contribution in [2.75, 3.05) is 13.7 Å². The van der Waals surface area contributed by atoms with Gasteiger partial charge in [-0.1, -0.05) is 53.8 Å². The van der Waals surface area contributed by atoms with Gasteiger partial charge in [-0.2, -0.15) is 0 Å². The zero-order valence-corrected chi connectivity index (χ0v) is 21.3. The Hall–Kier alpha value is -3.24. The van der Waals surface area contributed by atoms with Gasteiger partial charge in [-0.25, -0.2) is 9.79 Å². The largest absolute Gasteiger partial charge is 0.484 e. The molecule has 0 radical (unpaired) electrons. The van der Waals surface area contributed by atoms with Crippen molar-refractivity contribution in [3.8, 4) is 5.75 Å². The molecule has 1 aliphatic rings. The van der Waals surface area contributed by atoms with Crippen molar-refractivity contribution < 1.29 is 23.9 Å². The number of para-hydroxylation sites is 2. The van der Waals surface area contributed by atoms with Crippen LogP contribution in [-0.4, -0.2) is 58.9 Å². The zero-order chi connectivity index (χ0) is 25.4. The number of nitrogens with one attached hydrogen (secondary N) is 1.